The Kier molecular flexibility index (Phi) is 7.43. The predicted molar refractivity (Wildman–Crippen MR) is 134 cm³/mol. The van der Waals surface area contributed by atoms with Gasteiger partial charge in [-0.15, -0.1) is 0 Å². The van der Waals surface area contributed by atoms with Crippen molar-refractivity contribution in [3.63, 3.8) is 0 Å². The maximum atomic E-state index is 12.2. The van der Waals surface area contributed by atoms with Gasteiger partial charge in [-0.1, -0.05) is 18.2 Å². The van der Waals surface area contributed by atoms with E-state index in [9.17, 15) is 9.59 Å². The lowest BCUT2D eigenvalue weighted by atomic mass is 9.80. The third kappa shape index (κ3) is 4.91. The Bertz CT molecular complexity index is 1070. The van der Waals surface area contributed by atoms with Crippen LogP contribution in [0.1, 0.15) is 44.9 Å². The van der Waals surface area contributed by atoms with Crippen molar-refractivity contribution in [2.75, 3.05) is 46.4 Å². The molecule has 4 rings (SSSR count). The summed E-state index contributed by atoms with van der Waals surface area (Å²) in [4.78, 5) is 28.7. The molecule has 184 valence electrons. The quantitative estimate of drug-likeness (QED) is 0.526. The van der Waals surface area contributed by atoms with Gasteiger partial charge >= 0.3 is 11.9 Å². The third-order valence-electron chi connectivity index (χ3n) is 6.85. The Balaban J connectivity index is 1.64. The SMILES string of the molecule is CCOC(=O)CN(CC(=O)OCC)C[C@@H]1C=C2c3cccc4c3c(cn4C(C)C)C[C@H]2N(C)C1. The van der Waals surface area contributed by atoms with Gasteiger partial charge < -0.3 is 14.0 Å². The van der Waals surface area contributed by atoms with E-state index in [-0.39, 0.29) is 30.9 Å². The van der Waals surface area contributed by atoms with Crippen LogP contribution in [0.15, 0.2) is 30.5 Å². The maximum Gasteiger partial charge on any atom is 0.320 e. The highest BCUT2D eigenvalue weighted by Gasteiger charge is 2.35. The molecule has 0 bridgehead atoms. The molecule has 2 atom stereocenters. The van der Waals surface area contributed by atoms with Crippen LogP contribution in [0.5, 0.6) is 0 Å². The number of fused-ring (bicyclic) bond motifs is 2. The van der Waals surface area contributed by atoms with E-state index in [0.29, 0.717) is 31.8 Å². The number of nitrogens with zero attached hydrogens (tertiary/aromatic N) is 3. The first kappa shape index (κ1) is 24.5. The molecule has 1 aromatic carbocycles. The molecule has 0 radical (unpaired) electrons. The Morgan fingerprint density at radius 2 is 1.79 bits per heavy atom. The Labute approximate surface area is 202 Å². The molecule has 0 saturated carbocycles. The van der Waals surface area contributed by atoms with Gasteiger partial charge in [0.2, 0.25) is 0 Å². The van der Waals surface area contributed by atoms with Gasteiger partial charge in [0.1, 0.15) is 0 Å². The molecule has 2 aliphatic rings. The molecular formula is C27H37N3O4. The van der Waals surface area contributed by atoms with Crippen molar-refractivity contribution in [2.24, 2.45) is 5.92 Å². The predicted octanol–water partition coefficient (Wildman–Crippen LogP) is 3.52. The Morgan fingerprint density at radius 1 is 1.12 bits per heavy atom. The van der Waals surface area contributed by atoms with E-state index in [1.807, 2.05) is 4.90 Å². The van der Waals surface area contributed by atoms with Crippen LogP contribution in [0.2, 0.25) is 0 Å². The molecule has 1 aromatic heterocycles. The Morgan fingerprint density at radius 3 is 2.41 bits per heavy atom. The molecule has 2 heterocycles. The highest BCUT2D eigenvalue weighted by molar-refractivity contribution is 5.98. The first-order chi connectivity index (χ1) is 16.3. The summed E-state index contributed by atoms with van der Waals surface area (Å²) in [6.45, 7) is 10.3. The van der Waals surface area contributed by atoms with Crippen molar-refractivity contribution in [3.05, 3.63) is 41.6 Å². The number of esters is 2. The first-order valence-corrected chi connectivity index (χ1v) is 12.4. The summed E-state index contributed by atoms with van der Waals surface area (Å²) in [7, 11) is 2.18. The van der Waals surface area contributed by atoms with Gasteiger partial charge in [-0.3, -0.25) is 19.4 Å². The summed E-state index contributed by atoms with van der Waals surface area (Å²) < 4.78 is 12.7. The van der Waals surface area contributed by atoms with E-state index in [4.69, 9.17) is 9.47 Å². The molecule has 0 N–H and O–H groups in total. The fourth-order valence-corrected chi connectivity index (χ4v) is 5.52. The molecule has 7 nitrogen and oxygen atoms in total. The minimum Gasteiger partial charge on any atom is -0.465 e. The lowest BCUT2D eigenvalue weighted by Crippen LogP contribution is -2.46. The largest absolute Gasteiger partial charge is 0.465 e. The van der Waals surface area contributed by atoms with Crippen LogP contribution in [0.3, 0.4) is 0 Å². The molecule has 0 amide bonds. The molecule has 0 fully saturated rings. The van der Waals surface area contributed by atoms with Crippen molar-refractivity contribution in [3.8, 4) is 0 Å². The van der Waals surface area contributed by atoms with Crippen LogP contribution in [0.4, 0.5) is 0 Å². The zero-order valence-electron chi connectivity index (χ0n) is 21.0. The van der Waals surface area contributed by atoms with Crippen molar-refractivity contribution < 1.29 is 19.1 Å². The minimum atomic E-state index is -0.316. The second-order valence-corrected chi connectivity index (χ2v) is 9.68. The number of carbonyl (C=O) groups excluding carboxylic acids is 2. The first-order valence-electron chi connectivity index (χ1n) is 12.4. The van der Waals surface area contributed by atoms with Crippen LogP contribution >= 0.6 is 0 Å². The summed E-state index contributed by atoms with van der Waals surface area (Å²) >= 11 is 0. The number of carbonyl (C=O) groups is 2. The monoisotopic (exact) mass is 467 g/mol. The number of likely N-dealkylation sites (N-methyl/N-ethyl adjacent to an activating group) is 1. The lowest BCUT2D eigenvalue weighted by molar-refractivity contribution is -0.148. The number of hydrogen-bond donors (Lipinski definition) is 0. The standard InChI is InChI=1S/C27H37N3O4/c1-6-33-25(31)16-29(17-26(32)34-7-2)14-19-11-22-21-9-8-10-23-27(21)20(15-30(23)18(3)4)12-24(22)28(5)13-19/h8-11,15,18-19,24H,6-7,12-14,16-17H2,1-5H3/t19-,24-/m1/s1. The van der Waals surface area contributed by atoms with E-state index < -0.39 is 0 Å². The van der Waals surface area contributed by atoms with Crippen LogP contribution in [-0.4, -0.2) is 78.8 Å². The molecule has 0 spiro atoms. The molecule has 0 unspecified atom stereocenters. The average molecular weight is 468 g/mol. The van der Waals surface area contributed by atoms with Gasteiger partial charge in [-0.25, -0.2) is 0 Å². The van der Waals surface area contributed by atoms with Crippen molar-refractivity contribution in [1.29, 1.82) is 0 Å². The average Bonchev–Trinajstić information content (AvgIpc) is 3.15. The number of ether oxygens (including phenoxy) is 2. The van der Waals surface area contributed by atoms with Gasteiger partial charge in [-0.2, -0.15) is 0 Å². The van der Waals surface area contributed by atoms with Crippen LogP contribution in [0, 0.1) is 5.92 Å². The van der Waals surface area contributed by atoms with Crippen molar-refractivity contribution in [2.45, 2.75) is 46.2 Å². The van der Waals surface area contributed by atoms with Gasteiger partial charge in [0, 0.05) is 48.2 Å². The molecule has 7 heteroatoms. The van der Waals surface area contributed by atoms with Gasteiger partial charge in [-0.05, 0) is 63.9 Å². The summed E-state index contributed by atoms with van der Waals surface area (Å²) in [6.07, 6.45) is 5.70. The van der Waals surface area contributed by atoms with E-state index >= 15 is 0 Å². The number of benzene rings is 1. The number of aromatic nitrogens is 1. The van der Waals surface area contributed by atoms with E-state index in [1.54, 1.807) is 13.8 Å². The smallest absolute Gasteiger partial charge is 0.320 e. The lowest BCUT2D eigenvalue weighted by Gasteiger charge is -2.41. The molecular weight excluding hydrogens is 430 g/mol. The Hall–Kier alpha value is -2.64. The minimum absolute atomic E-state index is 0.0798. The molecule has 1 aliphatic carbocycles. The molecule has 1 aliphatic heterocycles. The summed E-state index contributed by atoms with van der Waals surface area (Å²) in [5, 5.41) is 1.36. The summed E-state index contributed by atoms with van der Waals surface area (Å²) in [5.41, 5.74) is 5.36. The van der Waals surface area contributed by atoms with Crippen LogP contribution in [-0.2, 0) is 25.5 Å². The van der Waals surface area contributed by atoms with Crippen molar-refractivity contribution in [1.82, 2.24) is 14.4 Å². The van der Waals surface area contributed by atoms with Gasteiger partial charge in [0.05, 0.1) is 26.3 Å². The van der Waals surface area contributed by atoms with Crippen molar-refractivity contribution >= 4 is 28.4 Å². The maximum absolute atomic E-state index is 12.2. The van der Waals surface area contributed by atoms with E-state index in [1.165, 1.54) is 27.6 Å². The fraction of sp³-hybridized carbons (Fsp3) is 0.556. The summed E-state index contributed by atoms with van der Waals surface area (Å²) in [5.74, 6) is -0.448. The fourth-order valence-electron chi connectivity index (χ4n) is 5.52. The van der Waals surface area contributed by atoms with E-state index in [2.05, 4.69) is 60.8 Å². The molecule has 2 aromatic rings. The van der Waals surface area contributed by atoms with Crippen LogP contribution < -0.4 is 0 Å². The topological polar surface area (TPSA) is 64.0 Å². The zero-order valence-corrected chi connectivity index (χ0v) is 21.0. The molecule has 0 saturated heterocycles. The molecule has 34 heavy (non-hydrogen) atoms. The van der Waals surface area contributed by atoms with Crippen LogP contribution in [0.25, 0.3) is 16.5 Å². The number of rotatable bonds is 9. The van der Waals surface area contributed by atoms with Gasteiger partial charge in [0.25, 0.3) is 0 Å². The third-order valence-corrected chi connectivity index (χ3v) is 6.85. The normalized spacial score (nSPS) is 19.9. The second kappa shape index (κ2) is 10.3. The number of hydrogen-bond acceptors (Lipinski definition) is 6. The highest BCUT2D eigenvalue weighted by atomic mass is 16.5. The second-order valence-electron chi connectivity index (χ2n) is 9.68. The summed E-state index contributed by atoms with van der Waals surface area (Å²) in [6, 6.07) is 7.35. The zero-order chi connectivity index (χ0) is 24.4. The van der Waals surface area contributed by atoms with Gasteiger partial charge in [0.15, 0.2) is 0 Å². The highest BCUT2D eigenvalue weighted by Crippen LogP contribution is 2.42. The van der Waals surface area contributed by atoms with E-state index in [0.717, 1.165) is 13.0 Å².